The average molecular weight is 398 g/mol. The van der Waals surface area contributed by atoms with Crippen molar-refractivity contribution in [2.24, 2.45) is 0 Å². The molecule has 3 aromatic heterocycles. The Labute approximate surface area is 172 Å². The molecule has 30 heavy (non-hydrogen) atoms. The number of hydrogen-bond donors (Lipinski definition) is 0. The molecule has 0 fully saturated rings. The van der Waals surface area contributed by atoms with E-state index in [0.717, 1.165) is 12.0 Å². The number of ether oxygens (including phenoxy) is 1. The van der Waals surface area contributed by atoms with E-state index in [4.69, 9.17) is 14.1 Å². The quantitative estimate of drug-likeness (QED) is 0.503. The van der Waals surface area contributed by atoms with Crippen molar-refractivity contribution in [2.75, 3.05) is 0 Å². The van der Waals surface area contributed by atoms with Gasteiger partial charge in [-0.2, -0.15) is 0 Å². The Bertz CT molecular complexity index is 1320. The third-order valence-corrected chi connectivity index (χ3v) is 5.73. The molecule has 0 unspecified atom stereocenters. The summed E-state index contributed by atoms with van der Waals surface area (Å²) < 4.78 is 13.5. The zero-order valence-electron chi connectivity index (χ0n) is 16.3. The number of allylic oxidation sites excluding steroid dienone is 2. The first-order valence-corrected chi connectivity index (χ1v) is 9.99. The standard InChI is InChI=1S/C23H18N4O3/c1-13-7-9-14(10-8-13)21-25-22-20-19(16-6-3-11-29-16)18-15(28)4-2-5-17(18)30-23(20)24-12-27(22)26-21/h3,6-12,19H,2,4-5H2,1H3/t19-/m1/s1. The van der Waals surface area contributed by atoms with Crippen LogP contribution in [0.2, 0.25) is 0 Å². The number of furan rings is 1. The minimum absolute atomic E-state index is 0.0866. The van der Waals surface area contributed by atoms with Gasteiger partial charge in [0.15, 0.2) is 17.3 Å². The van der Waals surface area contributed by atoms with Crippen LogP contribution in [0.1, 0.15) is 42.1 Å². The fourth-order valence-corrected chi connectivity index (χ4v) is 4.28. The van der Waals surface area contributed by atoms with Gasteiger partial charge < -0.3 is 9.15 Å². The Kier molecular flexibility index (Phi) is 3.65. The summed E-state index contributed by atoms with van der Waals surface area (Å²) >= 11 is 0. The maximum Gasteiger partial charge on any atom is 0.228 e. The zero-order valence-corrected chi connectivity index (χ0v) is 16.3. The van der Waals surface area contributed by atoms with Gasteiger partial charge >= 0.3 is 0 Å². The van der Waals surface area contributed by atoms with Crippen molar-refractivity contribution in [3.63, 3.8) is 0 Å². The van der Waals surface area contributed by atoms with Crippen LogP contribution in [0.5, 0.6) is 5.88 Å². The van der Waals surface area contributed by atoms with Gasteiger partial charge in [0, 0.05) is 24.0 Å². The predicted molar refractivity (Wildman–Crippen MR) is 108 cm³/mol. The van der Waals surface area contributed by atoms with E-state index in [9.17, 15) is 4.79 Å². The average Bonchev–Trinajstić information content (AvgIpc) is 3.43. The highest BCUT2D eigenvalue weighted by atomic mass is 16.5. The predicted octanol–water partition coefficient (Wildman–Crippen LogP) is 4.22. The lowest BCUT2D eigenvalue weighted by molar-refractivity contribution is -0.116. The van der Waals surface area contributed by atoms with E-state index in [1.807, 2.05) is 43.3 Å². The molecule has 0 amide bonds. The first-order valence-electron chi connectivity index (χ1n) is 9.99. The molecule has 0 spiro atoms. The van der Waals surface area contributed by atoms with E-state index < -0.39 is 5.92 Å². The number of carbonyl (C=O) groups excluding carboxylic acids is 1. The Morgan fingerprint density at radius 1 is 1.13 bits per heavy atom. The van der Waals surface area contributed by atoms with Crippen molar-refractivity contribution in [1.29, 1.82) is 0 Å². The minimum Gasteiger partial charge on any atom is -0.468 e. The van der Waals surface area contributed by atoms with Crippen molar-refractivity contribution in [1.82, 2.24) is 19.6 Å². The molecule has 148 valence electrons. The van der Waals surface area contributed by atoms with Gasteiger partial charge in [-0.1, -0.05) is 29.8 Å². The molecule has 0 saturated carbocycles. The second kappa shape index (κ2) is 6.38. The first kappa shape index (κ1) is 17.1. The number of ketones is 1. The van der Waals surface area contributed by atoms with E-state index in [2.05, 4.69) is 10.1 Å². The Morgan fingerprint density at radius 2 is 2.00 bits per heavy atom. The van der Waals surface area contributed by atoms with Gasteiger partial charge in [-0.05, 0) is 25.5 Å². The molecule has 0 saturated heterocycles. The molecule has 1 aromatic carbocycles. The summed E-state index contributed by atoms with van der Waals surface area (Å²) in [5.74, 6) is 2.10. The summed E-state index contributed by atoms with van der Waals surface area (Å²) in [4.78, 5) is 22.2. The summed E-state index contributed by atoms with van der Waals surface area (Å²) in [7, 11) is 0. The van der Waals surface area contributed by atoms with Crippen LogP contribution in [-0.2, 0) is 4.79 Å². The molecule has 2 aliphatic rings. The van der Waals surface area contributed by atoms with E-state index in [0.29, 0.717) is 52.8 Å². The van der Waals surface area contributed by atoms with Crippen LogP contribution in [0.25, 0.3) is 17.0 Å². The molecule has 0 N–H and O–H groups in total. The number of nitrogens with zero attached hydrogens (tertiary/aromatic N) is 4. The van der Waals surface area contributed by atoms with Gasteiger partial charge in [-0.25, -0.2) is 14.5 Å². The molecule has 4 aromatic rings. The number of aryl methyl sites for hydroxylation is 1. The maximum absolute atomic E-state index is 12.9. The van der Waals surface area contributed by atoms with Crippen molar-refractivity contribution in [2.45, 2.75) is 32.1 Å². The highest BCUT2D eigenvalue weighted by Gasteiger charge is 2.40. The normalized spacial score (nSPS) is 18.3. The van der Waals surface area contributed by atoms with Crippen LogP contribution < -0.4 is 4.74 Å². The molecule has 0 radical (unpaired) electrons. The van der Waals surface area contributed by atoms with Crippen LogP contribution in [0.3, 0.4) is 0 Å². The number of carbonyl (C=O) groups is 1. The Balaban J connectivity index is 1.59. The lowest BCUT2D eigenvalue weighted by atomic mass is 9.80. The number of fused-ring (bicyclic) bond motifs is 3. The molecule has 4 heterocycles. The molecular weight excluding hydrogens is 380 g/mol. The van der Waals surface area contributed by atoms with Crippen LogP contribution in [0.4, 0.5) is 0 Å². The molecule has 7 nitrogen and oxygen atoms in total. The van der Waals surface area contributed by atoms with Gasteiger partial charge in [-0.15, -0.1) is 5.10 Å². The van der Waals surface area contributed by atoms with Gasteiger partial charge in [0.1, 0.15) is 17.8 Å². The summed E-state index contributed by atoms with van der Waals surface area (Å²) in [5, 5.41) is 4.62. The van der Waals surface area contributed by atoms with E-state index in [1.54, 1.807) is 17.1 Å². The van der Waals surface area contributed by atoms with Gasteiger partial charge in [0.25, 0.3) is 0 Å². The number of hydrogen-bond acceptors (Lipinski definition) is 6. The third-order valence-electron chi connectivity index (χ3n) is 5.73. The van der Waals surface area contributed by atoms with Crippen molar-refractivity contribution >= 4 is 11.4 Å². The van der Waals surface area contributed by atoms with Crippen LogP contribution >= 0.6 is 0 Å². The molecule has 1 aliphatic heterocycles. The summed E-state index contributed by atoms with van der Waals surface area (Å²) in [6.45, 7) is 2.04. The smallest absolute Gasteiger partial charge is 0.228 e. The van der Waals surface area contributed by atoms with Crippen molar-refractivity contribution in [3.8, 4) is 17.3 Å². The van der Waals surface area contributed by atoms with Crippen molar-refractivity contribution in [3.05, 3.63) is 77.2 Å². The number of aromatic nitrogens is 4. The van der Waals surface area contributed by atoms with E-state index >= 15 is 0 Å². The maximum atomic E-state index is 12.9. The zero-order chi connectivity index (χ0) is 20.2. The summed E-state index contributed by atoms with van der Waals surface area (Å²) in [6, 6.07) is 11.8. The molecule has 7 heteroatoms. The summed E-state index contributed by atoms with van der Waals surface area (Å²) in [5.41, 5.74) is 4.06. The van der Waals surface area contributed by atoms with Crippen LogP contribution in [0.15, 0.2) is 64.7 Å². The highest BCUT2D eigenvalue weighted by Crippen LogP contribution is 2.47. The molecule has 6 rings (SSSR count). The van der Waals surface area contributed by atoms with Crippen LogP contribution in [-0.4, -0.2) is 25.4 Å². The fourth-order valence-electron chi connectivity index (χ4n) is 4.28. The van der Waals surface area contributed by atoms with E-state index in [1.165, 1.54) is 5.56 Å². The van der Waals surface area contributed by atoms with Crippen molar-refractivity contribution < 1.29 is 13.9 Å². The van der Waals surface area contributed by atoms with Gasteiger partial charge in [0.2, 0.25) is 5.88 Å². The topological polar surface area (TPSA) is 82.5 Å². The highest BCUT2D eigenvalue weighted by molar-refractivity contribution is 5.99. The third kappa shape index (κ3) is 2.51. The molecule has 1 aliphatic carbocycles. The number of benzene rings is 1. The molecule has 0 bridgehead atoms. The van der Waals surface area contributed by atoms with E-state index in [-0.39, 0.29) is 5.78 Å². The van der Waals surface area contributed by atoms with Gasteiger partial charge in [-0.3, -0.25) is 4.79 Å². The number of rotatable bonds is 2. The molecule has 1 atom stereocenters. The Hall–Kier alpha value is -3.74. The second-order valence-electron chi connectivity index (χ2n) is 7.70. The SMILES string of the molecule is Cc1ccc(-c2nc3c4c(ncn3n2)OC2=C(C(=O)CCC2)[C@H]4c2ccco2)cc1. The first-order chi connectivity index (χ1) is 14.7. The van der Waals surface area contributed by atoms with Gasteiger partial charge in [0.05, 0.1) is 17.7 Å². The Morgan fingerprint density at radius 3 is 2.80 bits per heavy atom. The second-order valence-corrected chi connectivity index (χ2v) is 7.70. The fraction of sp³-hybridized carbons (Fsp3) is 0.217. The number of Topliss-reactive ketones (excluding diaryl/α,β-unsaturated/α-hetero) is 1. The van der Waals surface area contributed by atoms with Crippen LogP contribution in [0, 0.1) is 6.92 Å². The lowest BCUT2D eigenvalue weighted by Gasteiger charge is -2.30. The minimum atomic E-state index is -0.405. The monoisotopic (exact) mass is 398 g/mol. The summed E-state index contributed by atoms with van der Waals surface area (Å²) in [6.07, 6.45) is 5.22. The molecular formula is C23H18N4O3. The lowest BCUT2D eigenvalue weighted by Crippen LogP contribution is -2.26. The largest absolute Gasteiger partial charge is 0.468 e.